The van der Waals surface area contributed by atoms with E-state index in [0.29, 0.717) is 38.9 Å². The molecule has 0 heterocycles. The molecule has 0 aliphatic carbocycles. The normalized spacial score (nSPS) is 10.6. The van der Waals surface area contributed by atoms with E-state index in [2.05, 4.69) is 0 Å². The van der Waals surface area contributed by atoms with Crippen LogP contribution in [0.4, 0.5) is 0 Å². The van der Waals surface area contributed by atoms with E-state index in [4.69, 9.17) is 19.7 Å². The molecular formula is C19H36O6. The predicted octanol–water partition coefficient (Wildman–Crippen LogP) is 3.13. The van der Waals surface area contributed by atoms with Crippen LogP contribution in [0, 0.1) is 0 Å². The Morgan fingerprint density at radius 1 is 0.520 bits per heavy atom. The molecule has 0 amide bonds. The van der Waals surface area contributed by atoms with Gasteiger partial charge in [-0.15, -0.1) is 0 Å². The van der Waals surface area contributed by atoms with Gasteiger partial charge in [-0.05, 0) is 12.8 Å². The summed E-state index contributed by atoms with van der Waals surface area (Å²) in [5, 5.41) is 17.2. The number of hydrogen-bond donors (Lipinski definition) is 2. The van der Waals surface area contributed by atoms with Gasteiger partial charge in [0.25, 0.3) is 0 Å². The second-order valence-corrected chi connectivity index (χ2v) is 6.28. The average Bonchev–Trinajstić information content (AvgIpc) is 2.60. The first-order chi connectivity index (χ1) is 12.2. The van der Waals surface area contributed by atoms with Crippen LogP contribution in [-0.2, 0) is 19.1 Å². The molecule has 0 bridgehead atoms. The third-order valence-corrected chi connectivity index (χ3v) is 3.89. The molecular weight excluding hydrogens is 324 g/mol. The van der Waals surface area contributed by atoms with Crippen LogP contribution in [0.15, 0.2) is 0 Å². The molecule has 0 unspecified atom stereocenters. The van der Waals surface area contributed by atoms with E-state index < -0.39 is 0 Å². The molecule has 0 aromatic heterocycles. The molecule has 6 nitrogen and oxygen atoms in total. The van der Waals surface area contributed by atoms with E-state index in [1.165, 1.54) is 19.3 Å². The minimum atomic E-state index is -0.164. The summed E-state index contributed by atoms with van der Waals surface area (Å²) in [6, 6.07) is 0. The summed E-state index contributed by atoms with van der Waals surface area (Å²) in [6.07, 6.45) is 11.7. The van der Waals surface area contributed by atoms with Crippen molar-refractivity contribution in [1.29, 1.82) is 0 Å². The van der Waals surface area contributed by atoms with Gasteiger partial charge in [0.05, 0.1) is 13.2 Å². The fourth-order valence-corrected chi connectivity index (χ4v) is 2.42. The Morgan fingerprint density at radius 2 is 0.840 bits per heavy atom. The second kappa shape index (κ2) is 19.2. The van der Waals surface area contributed by atoms with Crippen molar-refractivity contribution in [2.24, 2.45) is 0 Å². The first kappa shape index (κ1) is 23.9. The van der Waals surface area contributed by atoms with Crippen LogP contribution < -0.4 is 0 Å². The molecule has 0 aliphatic rings. The zero-order valence-corrected chi connectivity index (χ0v) is 15.5. The first-order valence-corrected chi connectivity index (χ1v) is 9.73. The third kappa shape index (κ3) is 19.0. The number of esters is 2. The van der Waals surface area contributed by atoms with Gasteiger partial charge >= 0.3 is 11.9 Å². The van der Waals surface area contributed by atoms with Crippen LogP contribution in [0.1, 0.15) is 83.5 Å². The topological polar surface area (TPSA) is 93.1 Å². The van der Waals surface area contributed by atoms with E-state index >= 15 is 0 Å². The Hall–Kier alpha value is -1.14. The molecule has 6 heteroatoms. The maximum absolute atomic E-state index is 11.3. The number of ether oxygens (including phenoxy) is 2. The number of unbranched alkanes of at least 4 members (excludes halogenated alkanes) is 8. The fourth-order valence-electron chi connectivity index (χ4n) is 2.42. The van der Waals surface area contributed by atoms with Gasteiger partial charge in [0.2, 0.25) is 0 Å². The zero-order valence-electron chi connectivity index (χ0n) is 15.5. The maximum atomic E-state index is 11.3. The first-order valence-electron chi connectivity index (χ1n) is 9.73. The molecule has 0 rings (SSSR count). The highest BCUT2D eigenvalue weighted by Gasteiger charge is 2.03. The lowest BCUT2D eigenvalue weighted by molar-refractivity contribution is -0.145. The quantitative estimate of drug-likeness (QED) is 0.288. The summed E-state index contributed by atoms with van der Waals surface area (Å²) in [5.41, 5.74) is 0. The predicted molar refractivity (Wildman–Crippen MR) is 96.1 cm³/mol. The molecule has 0 spiro atoms. The van der Waals surface area contributed by atoms with Crippen LogP contribution >= 0.6 is 0 Å². The number of aliphatic hydroxyl groups is 2. The van der Waals surface area contributed by atoms with Crippen molar-refractivity contribution in [2.75, 3.05) is 26.4 Å². The van der Waals surface area contributed by atoms with Crippen LogP contribution in [0.3, 0.4) is 0 Å². The molecule has 148 valence electrons. The van der Waals surface area contributed by atoms with Crippen LogP contribution in [-0.4, -0.2) is 48.6 Å². The van der Waals surface area contributed by atoms with Crippen molar-refractivity contribution in [3.8, 4) is 0 Å². The maximum Gasteiger partial charge on any atom is 0.305 e. The molecule has 0 atom stereocenters. The van der Waals surface area contributed by atoms with Crippen LogP contribution in [0.2, 0.25) is 0 Å². The lowest BCUT2D eigenvalue weighted by atomic mass is 10.1. The van der Waals surface area contributed by atoms with E-state index in [-0.39, 0.29) is 25.2 Å². The van der Waals surface area contributed by atoms with Gasteiger partial charge < -0.3 is 19.7 Å². The largest absolute Gasteiger partial charge is 0.466 e. The van der Waals surface area contributed by atoms with Crippen molar-refractivity contribution in [1.82, 2.24) is 0 Å². The molecule has 0 aromatic carbocycles. The highest BCUT2D eigenvalue weighted by Crippen LogP contribution is 2.12. The molecule has 2 N–H and O–H groups in total. The summed E-state index contributed by atoms with van der Waals surface area (Å²) in [4.78, 5) is 22.7. The molecule has 0 saturated carbocycles. The van der Waals surface area contributed by atoms with Crippen LogP contribution in [0.5, 0.6) is 0 Å². The molecule has 0 fully saturated rings. The Labute approximate surface area is 151 Å². The van der Waals surface area contributed by atoms with E-state index in [0.717, 1.165) is 38.5 Å². The zero-order chi connectivity index (χ0) is 18.6. The average molecular weight is 360 g/mol. The Morgan fingerprint density at radius 3 is 1.16 bits per heavy atom. The van der Waals surface area contributed by atoms with Crippen molar-refractivity contribution >= 4 is 11.9 Å². The minimum Gasteiger partial charge on any atom is -0.466 e. The highest BCUT2D eigenvalue weighted by molar-refractivity contribution is 5.69. The number of hydrogen-bond acceptors (Lipinski definition) is 6. The standard InChI is InChI=1S/C19H36O6/c20-14-10-16-24-18(22)12-8-6-4-2-1-3-5-7-9-13-19(23)25-17-11-15-21/h20-21H,1-17H2. The van der Waals surface area contributed by atoms with Crippen LogP contribution in [0.25, 0.3) is 0 Å². The minimum absolute atomic E-state index is 0.0575. The van der Waals surface area contributed by atoms with Gasteiger partial charge in [-0.2, -0.15) is 0 Å². The molecule has 0 aromatic rings. The number of carbonyl (C=O) groups is 2. The Balaban J connectivity index is 3.18. The van der Waals surface area contributed by atoms with Gasteiger partial charge in [-0.3, -0.25) is 9.59 Å². The van der Waals surface area contributed by atoms with E-state index in [1.807, 2.05) is 0 Å². The fraction of sp³-hybridized carbons (Fsp3) is 0.895. The van der Waals surface area contributed by atoms with Gasteiger partial charge in [0, 0.05) is 38.9 Å². The van der Waals surface area contributed by atoms with E-state index in [9.17, 15) is 9.59 Å². The van der Waals surface area contributed by atoms with Crippen molar-refractivity contribution in [3.05, 3.63) is 0 Å². The van der Waals surface area contributed by atoms with Gasteiger partial charge in [0.1, 0.15) is 0 Å². The molecule has 0 radical (unpaired) electrons. The lowest BCUT2D eigenvalue weighted by Gasteiger charge is -2.05. The summed E-state index contributed by atoms with van der Waals surface area (Å²) in [6.45, 7) is 0.745. The molecule has 0 aliphatic heterocycles. The second-order valence-electron chi connectivity index (χ2n) is 6.28. The van der Waals surface area contributed by atoms with E-state index in [1.54, 1.807) is 0 Å². The van der Waals surface area contributed by atoms with Crippen molar-refractivity contribution in [3.63, 3.8) is 0 Å². The monoisotopic (exact) mass is 360 g/mol. The summed E-state index contributed by atoms with van der Waals surface area (Å²) in [7, 11) is 0. The van der Waals surface area contributed by atoms with Gasteiger partial charge in [0.15, 0.2) is 0 Å². The SMILES string of the molecule is O=C(CCCCCCCCCCCC(=O)OCCCO)OCCCO. The molecule has 0 saturated heterocycles. The lowest BCUT2D eigenvalue weighted by Crippen LogP contribution is -2.06. The number of rotatable bonds is 18. The number of aliphatic hydroxyl groups excluding tert-OH is 2. The van der Waals surface area contributed by atoms with Gasteiger partial charge in [-0.1, -0.05) is 44.9 Å². The number of carbonyl (C=O) groups excluding carboxylic acids is 2. The summed E-state index contributed by atoms with van der Waals surface area (Å²) < 4.78 is 9.93. The Kier molecular flexibility index (Phi) is 18.3. The third-order valence-electron chi connectivity index (χ3n) is 3.89. The van der Waals surface area contributed by atoms with Gasteiger partial charge in [-0.25, -0.2) is 0 Å². The summed E-state index contributed by atoms with van der Waals surface area (Å²) >= 11 is 0. The summed E-state index contributed by atoms with van der Waals surface area (Å²) in [5.74, 6) is -0.327. The molecule has 25 heavy (non-hydrogen) atoms. The van der Waals surface area contributed by atoms with Crippen molar-refractivity contribution < 1.29 is 29.3 Å². The van der Waals surface area contributed by atoms with Crippen molar-refractivity contribution in [2.45, 2.75) is 83.5 Å². The smallest absolute Gasteiger partial charge is 0.305 e. The highest BCUT2D eigenvalue weighted by atomic mass is 16.5. The Bertz CT molecular complexity index is 289.